The fourth-order valence-corrected chi connectivity index (χ4v) is 2.08. The molecule has 2 aromatic rings. The lowest BCUT2D eigenvalue weighted by Gasteiger charge is -2.09. The largest absolute Gasteiger partial charge is 0.494 e. The maximum Gasteiger partial charge on any atom is 0.250 e. The lowest BCUT2D eigenvalue weighted by molar-refractivity contribution is -0.116. The van der Waals surface area contributed by atoms with E-state index in [1.165, 1.54) is 5.56 Å². The molecule has 0 aliphatic heterocycles. The Kier molecular flexibility index (Phi) is 5.74. The molecule has 0 fully saturated rings. The fraction of sp³-hybridized carbons (Fsp3) is 0.222. The van der Waals surface area contributed by atoms with Crippen LogP contribution in [0, 0.1) is 6.92 Å². The molecule has 0 spiro atoms. The van der Waals surface area contributed by atoms with E-state index in [2.05, 4.69) is 5.32 Å². The van der Waals surface area contributed by atoms with E-state index in [4.69, 9.17) is 10.5 Å². The van der Waals surface area contributed by atoms with Crippen LogP contribution >= 0.6 is 0 Å². The van der Waals surface area contributed by atoms with Gasteiger partial charge in [-0.25, -0.2) is 0 Å². The first-order valence-electron chi connectivity index (χ1n) is 7.44. The van der Waals surface area contributed by atoms with Gasteiger partial charge in [-0.2, -0.15) is 0 Å². The third-order valence-corrected chi connectivity index (χ3v) is 3.30. The number of amides is 2. The average molecular weight is 312 g/mol. The highest BCUT2D eigenvalue weighted by Crippen LogP contribution is 2.15. The monoisotopic (exact) mass is 312 g/mol. The van der Waals surface area contributed by atoms with Crippen LogP contribution in [0.1, 0.15) is 28.8 Å². The standard InChI is InChI=1S/C18H20N2O3/c1-13-8-10-14(11-9-13)23-12-4-7-17(21)20-16-6-3-2-5-15(16)18(19)22/h2-3,5-6,8-11H,4,7,12H2,1H3,(H2,19,22)(H,20,21). The van der Waals surface area contributed by atoms with E-state index in [-0.39, 0.29) is 5.91 Å². The summed E-state index contributed by atoms with van der Waals surface area (Å²) >= 11 is 0. The summed E-state index contributed by atoms with van der Waals surface area (Å²) in [7, 11) is 0. The van der Waals surface area contributed by atoms with E-state index in [0.29, 0.717) is 30.7 Å². The molecule has 0 atom stereocenters. The zero-order valence-electron chi connectivity index (χ0n) is 13.0. The van der Waals surface area contributed by atoms with Crippen LogP contribution in [0.25, 0.3) is 0 Å². The van der Waals surface area contributed by atoms with Gasteiger partial charge in [-0.3, -0.25) is 9.59 Å². The zero-order chi connectivity index (χ0) is 16.7. The number of para-hydroxylation sites is 1. The minimum atomic E-state index is -0.566. The second-order valence-corrected chi connectivity index (χ2v) is 5.22. The number of benzene rings is 2. The Morgan fingerprint density at radius 2 is 1.78 bits per heavy atom. The van der Waals surface area contributed by atoms with E-state index in [9.17, 15) is 9.59 Å². The number of ether oxygens (including phenoxy) is 1. The third-order valence-electron chi connectivity index (χ3n) is 3.30. The lowest BCUT2D eigenvalue weighted by Crippen LogP contribution is -2.18. The van der Waals surface area contributed by atoms with Crippen LogP contribution in [0.15, 0.2) is 48.5 Å². The summed E-state index contributed by atoms with van der Waals surface area (Å²) in [6, 6.07) is 14.4. The SMILES string of the molecule is Cc1ccc(OCCCC(=O)Nc2ccccc2C(N)=O)cc1. The molecule has 0 heterocycles. The van der Waals surface area contributed by atoms with Crippen LogP contribution in [0.3, 0.4) is 0 Å². The molecule has 2 amide bonds. The molecule has 3 N–H and O–H groups in total. The van der Waals surface area contributed by atoms with Crippen LogP contribution < -0.4 is 15.8 Å². The smallest absolute Gasteiger partial charge is 0.250 e. The topological polar surface area (TPSA) is 81.4 Å². The maximum absolute atomic E-state index is 11.9. The van der Waals surface area contributed by atoms with Crippen LogP contribution in [-0.2, 0) is 4.79 Å². The maximum atomic E-state index is 11.9. The highest BCUT2D eigenvalue weighted by Gasteiger charge is 2.10. The van der Waals surface area contributed by atoms with E-state index < -0.39 is 5.91 Å². The van der Waals surface area contributed by atoms with E-state index in [0.717, 1.165) is 5.75 Å². The molecule has 120 valence electrons. The Balaban J connectivity index is 1.77. The number of nitrogens with two attached hydrogens (primary N) is 1. The van der Waals surface area contributed by atoms with Gasteiger partial charge in [0, 0.05) is 6.42 Å². The van der Waals surface area contributed by atoms with Gasteiger partial charge in [-0.15, -0.1) is 0 Å². The zero-order valence-corrected chi connectivity index (χ0v) is 13.0. The van der Waals surface area contributed by atoms with Gasteiger partial charge in [-0.1, -0.05) is 29.8 Å². The first-order chi connectivity index (χ1) is 11.1. The van der Waals surface area contributed by atoms with Gasteiger partial charge in [0.05, 0.1) is 17.9 Å². The van der Waals surface area contributed by atoms with Crippen molar-refractivity contribution >= 4 is 17.5 Å². The van der Waals surface area contributed by atoms with Crippen molar-refractivity contribution < 1.29 is 14.3 Å². The molecule has 5 nitrogen and oxygen atoms in total. The quantitative estimate of drug-likeness (QED) is 0.771. The summed E-state index contributed by atoms with van der Waals surface area (Å²) in [5.74, 6) is 0.0462. The molecular weight excluding hydrogens is 292 g/mol. The van der Waals surface area contributed by atoms with Crippen LogP contribution in [0.5, 0.6) is 5.75 Å². The van der Waals surface area contributed by atoms with Crippen molar-refractivity contribution in [3.63, 3.8) is 0 Å². The number of carbonyl (C=O) groups excluding carboxylic acids is 2. The van der Waals surface area contributed by atoms with Crippen LogP contribution in [0.2, 0.25) is 0 Å². The molecule has 0 saturated carbocycles. The molecular formula is C18H20N2O3. The van der Waals surface area contributed by atoms with Gasteiger partial charge in [0.1, 0.15) is 5.75 Å². The van der Waals surface area contributed by atoms with Gasteiger partial charge in [0.2, 0.25) is 5.91 Å². The summed E-state index contributed by atoms with van der Waals surface area (Å²) in [6.45, 7) is 2.46. The molecule has 0 bridgehead atoms. The summed E-state index contributed by atoms with van der Waals surface area (Å²) in [5, 5.41) is 2.70. The lowest BCUT2D eigenvalue weighted by atomic mass is 10.1. The van der Waals surface area contributed by atoms with E-state index >= 15 is 0 Å². The average Bonchev–Trinajstić information content (AvgIpc) is 2.53. The number of primary amides is 1. The number of aryl methyl sites for hydroxylation is 1. The number of hydrogen-bond acceptors (Lipinski definition) is 3. The Morgan fingerprint density at radius 3 is 2.48 bits per heavy atom. The second-order valence-electron chi connectivity index (χ2n) is 5.22. The summed E-state index contributed by atoms with van der Waals surface area (Å²) in [6.07, 6.45) is 0.886. The molecule has 23 heavy (non-hydrogen) atoms. The van der Waals surface area contributed by atoms with Crippen LogP contribution in [0.4, 0.5) is 5.69 Å². The van der Waals surface area contributed by atoms with Gasteiger partial charge in [-0.05, 0) is 37.6 Å². The molecule has 2 rings (SSSR count). The Bertz CT molecular complexity index is 681. The van der Waals surface area contributed by atoms with Crippen molar-refractivity contribution in [2.45, 2.75) is 19.8 Å². The molecule has 0 unspecified atom stereocenters. The first-order valence-corrected chi connectivity index (χ1v) is 7.44. The van der Waals surface area contributed by atoms with E-state index in [1.54, 1.807) is 24.3 Å². The molecule has 0 aliphatic rings. The van der Waals surface area contributed by atoms with Crippen molar-refractivity contribution in [3.05, 3.63) is 59.7 Å². The first kappa shape index (κ1) is 16.5. The summed E-state index contributed by atoms with van der Waals surface area (Å²) in [4.78, 5) is 23.2. The number of anilines is 1. The third kappa shape index (κ3) is 5.14. The highest BCUT2D eigenvalue weighted by atomic mass is 16.5. The Labute approximate surface area is 135 Å². The van der Waals surface area contributed by atoms with Crippen LogP contribution in [-0.4, -0.2) is 18.4 Å². The van der Waals surface area contributed by atoms with E-state index in [1.807, 2.05) is 31.2 Å². The predicted octanol–water partition coefficient (Wildman–Crippen LogP) is 2.89. The van der Waals surface area contributed by atoms with Gasteiger partial charge >= 0.3 is 0 Å². The molecule has 0 radical (unpaired) electrons. The van der Waals surface area contributed by atoms with Crippen molar-refractivity contribution in [2.24, 2.45) is 5.73 Å². The molecule has 0 saturated heterocycles. The minimum absolute atomic E-state index is 0.175. The number of rotatable bonds is 7. The van der Waals surface area contributed by atoms with Gasteiger partial charge < -0.3 is 15.8 Å². The molecule has 0 aliphatic carbocycles. The summed E-state index contributed by atoms with van der Waals surface area (Å²) < 4.78 is 5.57. The number of nitrogens with one attached hydrogen (secondary N) is 1. The van der Waals surface area contributed by atoms with Crippen molar-refractivity contribution in [1.29, 1.82) is 0 Å². The predicted molar refractivity (Wildman–Crippen MR) is 89.5 cm³/mol. The Morgan fingerprint density at radius 1 is 1.09 bits per heavy atom. The minimum Gasteiger partial charge on any atom is -0.494 e. The van der Waals surface area contributed by atoms with Crippen molar-refractivity contribution in [2.75, 3.05) is 11.9 Å². The van der Waals surface area contributed by atoms with Crippen molar-refractivity contribution in [1.82, 2.24) is 0 Å². The van der Waals surface area contributed by atoms with Gasteiger partial charge in [0.15, 0.2) is 0 Å². The molecule has 0 aromatic heterocycles. The highest BCUT2D eigenvalue weighted by molar-refractivity contribution is 6.02. The van der Waals surface area contributed by atoms with Gasteiger partial charge in [0.25, 0.3) is 5.91 Å². The summed E-state index contributed by atoms with van der Waals surface area (Å²) in [5.41, 5.74) is 7.19. The normalized spacial score (nSPS) is 10.1. The Hall–Kier alpha value is -2.82. The molecule has 2 aromatic carbocycles. The fourth-order valence-electron chi connectivity index (χ4n) is 2.08. The number of carbonyl (C=O) groups is 2. The van der Waals surface area contributed by atoms with Crippen molar-refractivity contribution in [3.8, 4) is 5.75 Å². The number of hydrogen-bond donors (Lipinski definition) is 2. The molecule has 5 heteroatoms. The second kappa shape index (κ2) is 7.98.